The van der Waals surface area contributed by atoms with Gasteiger partial charge >= 0.3 is 6.16 Å². The van der Waals surface area contributed by atoms with Crippen LogP contribution < -0.4 is 12.4 Å². The second-order valence-electron chi connectivity index (χ2n) is 9.74. The Morgan fingerprint density at radius 2 is 1.78 bits per heavy atom. The first-order chi connectivity index (χ1) is 16.9. The van der Waals surface area contributed by atoms with Gasteiger partial charge in [-0.15, -0.1) is 11.3 Å². The molecule has 1 unspecified atom stereocenters. The number of hydrogen-bond donors (Lipinski definition) is 0. The molecule has 0 amide bonds. The molecule has 3 aliphatic heterocycles. The highest BCUT2D eigenvalue weighted by Gasteiger charge is 2.49. The van der Waals surface area contributed by atoms with Gasteiger partial charge in [0.25, 0.3) is 0 Å². The van der Waals surface area contributed by atoms with Gasteiger partial charge in [0.2, 0.25) is 5.78 Å². The van der Waals surface area contributed by atoms with Crippen molar-refractivity contribution in [3.63, 3.8) is 0 Å². The Morgan fingerprint density at radius 3 is 2.44 bits per heavy atom. The number of quaternary nitrogens is 1. The molecule has 0 N–H and O–H groups in total. The molecular weight excluding hydrogens is 501 g/mol. The number of Topliss-reactive ketones (excluding diaryl/α,β-unsaturated/α-hetero) is 1. The molecule has 2 atom stereocenters. The minimum Gasteiger partial charge on any atom is -1.00 e. The van der Waals surface area contributed by atoms with Gasteiger partial charge in [-0.1, -0.05) is 48.0 Å². The van der Waals surface area contributed by atoms with Crippen molar-refractivity contribution in [3.05, 3.63) is 93.4 Å². The van der Waals surface area contributed by atoms with Crippen LogP contribution in [0.15, 0.2) is 66.0 Å². The molecular formula is C28H29ClFNO4S. The first kappa shape index (κ1) is 26.3. The van der Waals surface area contributed by atoms with Crippen LogP contribution in [0.5, 0.6) is 0 Å². The summed E-state index contributed by atoms with van der Waals surface area (Å²) in [6.07, 6.45) is -0.00124. The number of nitrogens with zero attached hydrogens (tertiary/aromatic N) is 1. The first-order valence-corrected chi connectivity index (χ1v) is 12.9. The third-order valence-electron chi connectivity index (χ3n) is 7.27. The maximum Gasteiger partial charge on any atom is 0.509 e. The highest BCUT2D eigenvalue weighted by atomic mass is 35.5. The number of thiophene rings is 1. The second kappa shape index (κ2) is 11.1. The summed E-state index contributed by atoms with van der Waals surface area (Å²) in [5.41, 5.74) is 2.32. The smallest absolute Gasteiger partial charge is 0.509 e. The number of carbonyl (C=O) groups is 2. The lowest BCUT2D eigenvalue weighted by Crippen LogP contribution is -3.00. The zero-order chi connectivity index (χ0) is 24.4. The fourth-order valence-corrected chi connectivity index (χ4v) is 6.13. The van der Waals surface area contributed by atoms with Gasteiger partial charge in [-0.3, -0.25) is 4.79 Å². The number of ketones is 1. The number of hydrogen-bond acceptors (Lipinski definition) is 5. The average Bonchev–Trinajstić information content (AvgIpc) is 3.38. The standard InChI is InChI=1S/C28H29FNO4S.ClH/c1-19-5-2-6-21(15-19)27(22-7-3-8-23(29)16-22)34-28(32)33-25-18-30(12-10-20(25)11-13-30)17-24(31)26-9-4-14-35-26;/h2-9,14-16,20,25,27H,10-13,17-18H2,1H3;1H/q+1;/p-1/t20?,25-,27?,30?;/m0./s1. The Balaban J connectivity index is 0.00000304. The fourth-order valence-electron chi connectivity index (χ4n) is 5.48. The summed E-state index contributed by atoms with van der Waals surface area (Å²) < 4.78 is 26.3. The normalized spacial score (nSPS) is 23.4. The van der Waals surface area contributed by atoms with E-state index in [0.29, 0.717) is 23.1 Å². The molecule has 8 heteroatoms. The summed E-state index contributed by atoms with van der Waals surface area (Å²) in [5, 5.41) is 1.92. The SMILES string of the molecule is Cc1cccc(C(OC(=O)O[C@H]2C[N+]3(CC(=O)c4cccs4)CCC2CC3)c2cccc(F)c2)c1.[Cl-]. The molecule has 3 fully saturated rings. The van der Waals surface area contributed by atoms with Crippen molar-refractivity contribution in [2.24, 2.45) is 5.92 Å². The van der Waals surface area contributed by atoms with Crippen LogP contribution >= 0.6 is 11.3 Å². The molecule has 0 aliphatic carbocycles. The van der Waals surface area contributed by atoms with E-state index >= 15 is 0 Å². The van der Waals surface area contributed by atoms with E-state index in [0.717, 1.165) is 41.9 Å². The van der Waals surface area contributed by atoms with E-state index in [-0.39, 0.29) is 30.2 Å². The number of aryl methyl sites for hydroxylation is 1. The molecule has 5 nitrogen and oxygen atoms in total. The monoisotopic (exact) mass is 529 g/mol. The van der Waals surface area contributed by atoms with Crippen LogP contribution in [0, 0.1) is 18.7 Å². The van der Waals surface area contributed by atoms with Gasteiger partial charge < -0.3 is 26.4 Å². The quantitative estimate of drug-likeness (QED) is 0.268. The molecule has 0 spiro atoms. The van der Waals surface area contributed by atoms with Crippen LogP contribution in [-0.2, 0) is 9.47 Å². The summed E-state index contributed by atoms with van der Waals surface area (Å²) in [7, 11) is 0. The predicted octanol–water partition coefficient (Wildman–Crippen LogP) is 2.93. The van der Waals surface area contributed by atoms with Gasteiger partial charge in [0.15, 0.2) is 12.2 Å². The predicted molar refractivity (Wildman–Crippen MR) is 132 cm³/mol. The zero-order valence-electron chi connectivity index (χ0n) is 20.1. The third-order valence-corrected chi connectivity index (χ3v) is 8.19. The largest absolute Gasteiger partial charge is 1.00 e. The molecule has 4 heterocycles. The molecule has 2 bridgehead atoms. The molecule has 3 aromatic rings. The maximum absolute atomic E-state index is 14.0. The van der Waals surface area contributed by atoms with Crippen molar-refractivity contribution in [3.8, 4) is 0 Å². The van der Waals surface area contributed by atoms with Gasteiger partial charge in [-0.05, 0) is 36.1 Å². The summed E-state index contributed by atoms with van der Waals surface area (Å²) in [4.78, 5) is 26.6. The highest BCUT2D eigenvalue weighted by molar-refractivity contribution is 7.12. The van der Waals surface area contributed by atoms with E-state index in [1.807, 2.05) is 48.7 Å². The topological polar surface area (TPSA) is 52.6 Å². The lowest BCUT2D eigenvalue weighted by molar-refractivity contribution is -0.938. The van der Waals surface area contributed by atoms with Crippen LogP contribution in [0.3, 0.4) is 0 Å². The van der Waals surface area contributed by atoms with Crippen molar-refractivity contribution in [1.29, 1.82) is 0 Å². The maximum atomic E-state index is 14.0. The molecule has 0 saturated carbocycles. The van der Waals surface area contributed by atoms with Crippen molar-refractivity contribution in [2.75, 3.05) is 26.2 Å². The summed E-state index contributed by atoms with van der Waals surface area (Å²) in [5.74, 6) is 0.0228. The number of rotatable bonds is 7. The van der Waals surface area contributed by atoms with E-state index < -0.39 is 18.1 Å². The molecule has 0 radical (unpaired) electrons. The number of fused-ring (bicyclic) bond motifs is 3. The van der Waals surface area contributed by atoms with E-state index in [1.54, 1.807) is 12.1 Å². The van der Waals surface area contributed by atoms with E-state index in [1.165, 1.54) is 23.5 Å². The Hall–Kier alpha value is -2.74. The summed E-state index contributed by atoms with van der Waals surface area (Å²) in [6, 6.07) is 17.5. The second-order valence-corrected chi connectivity index (χ2v) is 10.7. The minimum atomic E-state index is -0.775. The Bertz CT molecular complexity index is 1160. The first-order valence-electron chi connectivity index (χ1n) is 12.0. The Morgan fingerprint density at radius 1 is 1.06 bits per heavy atom. The lowest BCUT2D eigenvalue weighted by Gasteiger charge is -2.51. The molecule has 3 aliphatic rings. The third kappa shape index (κ3) is 5.80. The highest BCUT2D eigenvalue weighted by Crippen LogP contribution is 2.37. The van der Waals surface area contributed by atoms with Crippen LogP contribution in [0.4, 0.5) is 9.18 Å². The van der Waals surface area contributed by atoms with E-state index in [4.69, 9.17) is 9.47 Å². The number of benzene rings is 2. The van der Waals surface area contributed by atoms with Crippen LogP contribution in [0.1, 0.15) is 45.3 Å². The lowest BCUT2D eigenvalue weighted by atomic mass is 9.83. The van der Waals surface area contributed by atoms with Crippen molar-refractivity contribution >= 4 is 23.3 Å². The molecule has 6 rings (SSSR count). The number of piperidine rings is 3. The number of halogens is 2. The van der Waals surface area contributed by atoms with Gasteiger partial charge in [0, 0.05) is 24.3 Å². The fraction of sp³-hybridized carbons (Fsp3) is 0.357. The van der Waals surface area contributed by atoms with Crippen LogP contribution in [0.2, 0.25) is 0 Å². The van der Waals surface area contributed by atoms with Crippen molar-refractivity contribution in [1.82, 2.24) is 0 Å². The van der Waals surface area contributed by atoms with Gasteiger partial charge in [-0.25, -0.2) is 9.18 Å². The molecule has 3 saturated heterocycles. The molecule has 2 aromatic carbocycles. The number of carbonyl (C=O) groups excluding carboxylic acids is 2. The van der Waals surface area contributed by atoms with Crippen LogP contribution in [0.25, 0.3) is 0 Å². The molecule has 1 aromatic heterocycles. The molecule has 36 heavy (non-hydrogen) atoms. The van der Waals surface area contributed by atoms with Crippen LogP contribution in [-0.4, -0.2) is 48.7 Å². The van der Waals surface area contributed by atoms with E-state index in [2.05, 4.69) is 0 Å². The van der Waals surface area contributed by atoms with Gasteiger partial charge in [-0.2, -0.15) is 0 Å². The number of ether oxygens (including phenoxy) is 2. The van der Waals surface area contributed by atoms with Crippen molar-refractivity contribution in [2.45, 2.75) is 32.0 Å². The average molecular weight is 530 g/mol. The summed E-state index contributed by atoms with van der Waals surface area (Å²) in [6.45, 7) is 4.85. The van der Waals surface area contributed by atoms with E-state index in [9.17, 15) is 14.0 Å². The summed E-state index contributed by atoms with van der Waals surface area (Å²) >= 11 is 1.47. The minimum absolute atomic E-state index is 0. The van der Waals surface area contributed by atoms with Gasteiger partial charge in [0.1, 0.15) is 18.9 Å². The molecule has 190 valence electrons. The van der Waals surface area contributed by atoms with Gasteiger partial charge in [0.05, 0.1) is 18.0 Å². The zero-order valence-corrected chi connectivity index (χ0v) is 21.6. The Labute approximate surface area is 220 Å². The Kier molecular flexibility index (Phi) is 8.13. The van der Waals surface area contributed by atoms with Crippen molar-refractivity contribution < 1.29 is 40.3 Å².